The largest absolute Gasteiger partial charge is 0.496 e. The molecule has 0 bridgehead atoms. The van der Waals surface area contributed by atoms with E-state index in [2.05, 4.69) is 5.32 Å². The van der Waals surface area contributed by atoms with Crippen LogP contribution in [0.4, 0.5) is 0 Å². The third-order valence-corrected chi connectivity index (χ3v) is 2.28. The van der Waals surface area contributed by atoms with Gasteiger partial charge in [0.05, 0.1) is 18.7 Å². The van der Waals surface area contributed by atoms with Gasteiger partial charge >= 0.3 is 0 Å². The molecule has 0 spiro atoms. The van der Waals surface area contributed by atoms with E-state index in [-0.39, 0.29) is 11.8 Å². The van der Waals surface area contributed by atoms with Gasteiger partial charge in [-0.25, -0.2) is 0 Å². The SMILES string of the molecule is CCNC(C)C(=O)c1ccccc1OC. The summed E-state index contributed by atoms with van der Waals surface area (Å²) >= 11 is 0. The lowest BCUT2D eigenvalue weighted by molar-refractivity contribution is 0.0949. The summed E-state index contributed by atoms with van der Waals surface area (Å²) in [5.74, 6) is 0.696. The Bertz CT molecular complexity index is 336. The summed E-state index contributed by atoms with van der Waals surface area (Å²) in [5, 5.41) is 3.09. The molecule has 0 aliphatic heterocycles. The van der Waals surface area contributed by atoms with Crippen molar-refractivity contribution in [2.75, 3.05) is 13.7 Å². The standard InChI is InChI=1S/C12H17NO2/c1-4-13-9(2)12(14)10-7-5-6-8-11(10)15-3/h5-9,13H,4H2,1-3H3. The summed E-state index contributed by atoms with van der Waals surface area (Å²) in [7, 11) is 1.57. The van der Waals surface area contributed by atoms with E-state index in [4.69, 9.17) is 4.74 Å². The lowest BCUT2D eigenvalue weighted by Gasteiger charge is -2.13. The Kier molecular flexibility index (Phi) is 4.31. The number of rotatable bonds is 5. The molecular formula is C12H17NO2. The van der Waals surface area contributed by atoms with Crippen LogP contribution < -0.4 is 10.1 Å². The van der Waals surface area contributed by atoms with E-state index >= 15 is 0 Å². The van der Waals surface area contributed by atoms with Crippen molar-refractivity contribution in [1.29, 1.82) is 0 Å². The summed E-state index contributed by atoms with van der Waals surface area (Å²) in [6, 6.07) is 7.11. The number of hydrogen-bond acceptors (Lipinski definition) is 3. The Morgan fingerprint density at radius 3 is 2.73 bits per heavy atom. The van der Waals surface area contributed by atoms with Gasteiger partial charge < -0.3 is 10.1 Å². The third kappa shape index (κ3) is 2.80. The maximum Gasteiger partial charge on any atom is 0.183 e. The molecule has 0 fully saturated rings. The number of hydrogen-bond donors (Lipinski definition) is 1. The second-order valence-corrected chi connectivity index (χ2v) is 3.34. The second kappa shape index (κ2) is 5.51. The monoisotopic (exact) mass is 207 g/mol. The highest BCUT2D eigenvalue weighted by Crippen LogP contribution is 2.18. The van der Waals surface area contributed by atoms with Crippen LogP contribution in [0.2, 0.25) is 0 Å². The molecule has 0 aliphatic carbocycles. The van der Waals surface area contributed by atoms with Gasteiger partial charge in [-0.1, -0.05) is 19.1 Å². The molecular weight excluding hydrogens is 190 g/mol. The van der Waals surface area contributed by atoms with Crippen LogP contribution in [0.3, 0.4) is 0 Å². The average Bonchev–Trinajstić information content (AvgIpc) is 2.28. The quantitative estimate of drug-likeness (QED) is 0.749. The highest BCUT2D eigenvalue weighted by molar-refractivity contribution is 6.02. The number of Topliss-reactive ketones (excluding diaryl/α,β-unsaturated/α-hetero) is 1. The average molecular weight is 207 g/mol. The molecule has 0 heterocycles. The van der Waals surface area contributed by atoms with Crippen LogP contribution in [0.25, 0.3) is 0 Å². The first-order chi connectivity index (χ1) is 7.20. The number of ketones is 1. The normalized spacial score (nSPS) is 12.2. The van der Waals surface area contributed by atoms with Gasteiger partial charge in [-0.2, -0.15) is 0 Å². The Morgan fingerprint density at radius 1 is 1.47 bits per heavy atom. The van der Waals surface area contributed by atoms with Crippen molar-refractivity contribution in [3.63, 3.8) is 0 Å². The van der Waals surface area contributed by atoms with Gasteiger partial charge in [0, 0.05) is 0 Å². The number of para-hydroxylation sites is 1. The van der Waals surface area contributed by atoms with Gasteiger partial charge in [0.15, 0.2) is 5.78 Å². The van der Waals surface area contributed by atoms with E-state index < -0.39 is 0 Å². The van der Waals surface area contributed by atoms with E-state index in [0.29, 0.717) is 11.3 Å². The van der Waals surface area contributed by atoms with Gasteiger partial charge in [-0.05, 0) is 25.6 Å². The maximum atomic E-state index is 12.0. The summed E-state index contributed by atoms with van der Waals surface area (Å²) in [6.07, 6.45) is 0. The molecule has 15 heavy (non-hydrogen) atoms. The molecule has 3 nitrogen and oxygen atoms in total. The molecule has 0 aliphatic rings. The van der Waals surface area contributed by atoms with Crippen LogP contribution in [0, 0.1) is 0 Å². The van der Waals surface area contributed by atoms with E-state index in [0.717, 1.165) is 6.54 Å². The minimum atomic E-state index is -0.175. The van der Waals surface area contributed by atoms with Crippen LogP contribution in [0.15, 0.2) is 24.3 Å². The molecule has 0 amide bonds. The zero-order valence-electron chi connectivity index (χ0n) is 9.41. The first-order valence-electron chi connectivity index (χ1n) is 5.11. The van der Waals surface area contributed by atoms with Gasteiger partial charge in [0.2, 0.25) is 0 Å². The zero-order valence-corrected chi connectivity index (χ0v) is 9.41. The molecule has 0 saturated carbocycles. The van der Waals surface area contributed by atoms with Gasteiger partial charge in [0.1, 0.15) is 5.75 Å². The van der Waals surface area contributed by atoms with Gasteiger partial charge in [0.25, 0.3) is 0 Å². The molecule has 1 unspecified atom stereocenters. The van der Waals surface area contributed by atoms with Crippen molar-refractivity contribution in [3.05, 3.63) is 29.8 Å². The van der Waals surface area contributed by atoms with Gasteiger partial charge in [-0.3, -0.25) is 4.79 Å². The number of benzene rings is 1. The third-order valence-electron chi connectivity index (χ3n) is 2.28. The van der Waals surface area contributed by atoms with Crippen molar-refractivity contribution >= 4 is 5.78 Å². The van der Waals surface area contributed by atoms with E-state index in [1.54, 1.807) is 19.2 Å². The molecule has 1 rings (SSSR count). The van der Waals surface area contributed by atoms with E-state index in [1.165, 1.54) is 0 Å². The molecule has 0 aromatic heterocycles. The Balaban J connectivity index is 2.90. The van der Waals surface area contributed by atoms with Crippen LogP contribution in [0.1, 0.15) is 24.2 Å². The predicted molar refractivity (Wildman–Crippen MR) is 60.5 cm³/mol. The fourth-order valence-corrected chi connectivity index (χ4v) is 1.48. The Labute approximate surface area is 90.4 Å². The molecule has 82 valence electrons. The summed E-state index contributed by atoms with van der Waals surface area (Å²) in [5.41, 5.74) is 0.633. The van der Waals surface area contributed by atoms with Crippen molar-refractivity contribution < 1.29 is 9.53 Å². The molecule has 1 N–H and O–H groups in total. The fourth-order valence-electron chi connectivity index (χ4n) is 1.48. The van der Waals surface area contributed by atoms with Crippen LogP contribution in [-0.2, 0) is 0 Å². The highest BCUT2D eigenvalue weighted by Gasteiger charge is 2.17. The molecule has 3 heteroatoms. The number of ether oxygens (including phenoxy) is 1. The summed E-state index contributed by atoms with van der Waals surface area (Å²) in [4.78, 5) is 12.0. The summed E-state index contributed by atoms with van der Waals surface area (Å²) in [6.45, 7) is 4.62. The Hall–Kier alpha value is -1.35. The Morgan fingerprint density at radius 2 is 2.13 bits per heavy atom. The van der Waals surface area contributed by atoms with Crippen LogP contribution >= 0.6 is 0 Å². The van der Waals surface area contributed by atoms with Crippen molar-refractivity contribution in [1.82, 2.24) is 5.32 Å². The minimum absolute atomic E-state index is 0.0642. The van der Waals surface area contributed by atoms with Crippen molar-refractivity contribution in [3.8, 4) is 5.75 Å². The molecule has 0 radical (unpaired) electrons. The van der Waals surface area contributed by atoms with E-state index in [1.807, 2.05) is 26.0 Å². The predicted octanol–water partition coefficient (Wildman–Crippen LogP) is 1.88. The minimum Gasteiger partial charge on any atom is -0.496 e. The second-order valence-electron chi connectivity index (χ2n) is 3.34. The molecule has 0 saturated heterocycles. The lowest BCUT2D eigenvalue weighted by atomic mass is 10.0. The smallest absolute Gasteiger partial charge is 0.183 e. The fraction of sp³-hybridized carbons (Fsp3) is 0.417. The van der Waals surface area contributed by atoms with Gasteiger partial charge in [-0.15, -0.1) is 0 Å². The molecule has 1 aromatic carbocycles. The molecule has 1 aromatic rings. The molecule has 1 atom stereocenters. The summed E-state index contributed by atoms with van der Waals surface area (Å²) < 4.78 is 5.15. The number of carbonyl (C=O) groups excluding carboxylic acids is 1. The van der Waals surface area contributed by atoms with Crippen LogP contribution in [0.5, 0.6) is 5.75 Å². The van der Waals surface area contributed by atoms with Crippen molar-refractivity contribution in [2.24, 2.45) is 0 Å². The number of likely N-dealkylation sites (N-methyl/N-ethyl adjacent to an activating group) is 1. The van der Waals surface area contributed by atoms with E-state index in [9.17, 15) is 4.79 Å². The van der Waals surface area contributed by atoms with Crippen LogP contribution in [-0.4, -0.2) is 25.5 Å². The number of nitrogens with one attached hydrogen (secondary N) is 1. The van der Waals surface area contributed by atoms with Crippen molar-refractivity contribution in [2.45, 2.75) is 19.9 Å². The zero-order chi connectivity index (χ0) is 11.3. The first kappa shape index (κ1) is 11.7. The highest BCUT2D eigenvalue weighted by atomic mass is 16.5. The maximum absolute atomic E-state index is 12.0. The number of methoxy groups -OCH3 is 1. The first-order valence-corrected chi connectivity index (χ1v) is 5.11. The lowest BCUT2D eigenvalue weighted by Crippen LogP contribution is -2.33. The number of carbonyl (C=O) groups is 1. The topological polar surface area (TPSA) is 38.3 Å².